The fraction of sp³-hybridized carbons (Fsp3) is 0.346. The van der Waals surface area contributed by atoms with Crippen molar-refractivity contribution in [1.82, 2.24) is 24.8 Å². The first-order valence-corrected chi connectivity index (χ1v) is 11.7. The molecule has 0 radical (unpaired) electrons. The van der Waals surface area contributed by atoms with Gasteiger partial charge in [0.05, 0.1) is 11.1 Å². The van der Waals surface area contributed by atoms with Gasteiger partial charge in [-0.15, -0.1) is 0 Å². The number of halogens is 7. The molecule has 15 heteroatoms. The second-order valence-electron chi connectivity index (χ2n) is 8.22. The average molecular weight is 590 g/mol. The number of aromatic nitrogens is 4. The van der Waals surface area contributed by atoms with Gasteiger partial charge in [0.2, 0.25) is 5.95 Å². The molecule has 0 spiro atoms. The van der Waals surface area contributed by atoms with Crippen LogP contribution in [0.25, 0.3) is 11.4 Å². The summed E-state index contributed by atoms with van der Waals surface area (Å²) in [6.07, 6.45) is -3.83. The van der Waals surface area contributed by atoms with Crippen LogP contribution in [0, 0.1) is 5.82 Å². The van der Waals surface area contributed by atoms with Crippen molar-refractivity contribution < 1.29 is 35.5 Å². The van der Waals surface area contributed by atoms with Gasteiger partial charge in [0, 0.05) is 61.3 Å². The van der Waals surface area contributed by atoms with E-state index in [9.17, 15) is 35.5 Å². The molecule has 3 N–H and O–H groups in total. The van der Waals surface area contributed by atoms with Gasteiger partial charge in [-0.25, -0.2) is 24.3 Å². The van der Waals surface area contributed by atoms with Crippen LogP contribution >= 0.6 is 0 Å². The lowest BCUT2D eigenvalue weighted by atomic mass is 10.0. The first kappa shape index (κ1) is 34.7. The van der Waals surface area contributed by atoms with Crippen LogP contribution < -0.4 is 11.1 Å². The SMILES string of the molecule is C.C/C(=C\N)C(F)(F)F.CCN(C(=O)c1cc(F)ccc1-c1ncccn1)C(C)CNc1ncc(C(F)(F)F)cn1. The van der Waals surface area contributed by atoms with Crippen molar-refractivity contribution in [2.24, 2.45) is 5.73 Å². The molecule has 1 unspecified atom stereocenters. The standard InChI is InChI=1S/C21H20F4N6O.C4H6F3N.CH4/c1-3-31(13(2)10-28-20-29-11-14(12-30-20)21(23,24)25)19(32)17-9-15(22)5-6-16(17)18-26-7-4-8-27-18;1-3(2-8)4(5,6)7;/h4-9,11-13H,3,10H2,1-2H3,(H,28,29,30);2H,8H2,1H3;1H4/b;3-2+;. The van der Waals surface area contributed by atoms with Gasteiger partial charge in [-0.1, -0.05) is 7.43 Å². The summed E-state index contributed by atoms with van der Waals surface area (Å²) < 4.78 is 85.8. The summed E-state index contributed by atoms with van der Waals surface area (Å²) in [4.78, 5) is 30.3. The lowest BCUT2D eigenvalue weighted by molar-refractivity contribution is -0.138. The molecule has 3 aromatic rings. The number of anilines is 1. The molecule has 0 aliphatic heterocycles. The molecule has 0 aliphatic carbocycles. The number of benzene rings is 1. The van der Waals surface area contributed by atoms with Crippen LogP contribution in [0.2, 0.25) is 0 Å². The quantitative estimate of drug-likeness (QED) is 0.321. The Morgan fingerprint density at radius 1 is 1.07 bits per heavy atom. The van der Waals surface area contributed by atoms with E-state index in [1.165, 1.54) is 29.4 Å². The molecule has 3 rings (SSSR count). The van der Waals surface area contributed by atoms with Crippen molar-refractivity contribution in [2.45, 2.75) is 46.6 Å². The molecular formula is C26H30F7N7O. The predicted octanol–water partition coefficient (Wildman–Crippen LogP) is 6.10. The summed E-state index contributed by atoms with van der Waals surface area (Å²) in [5.74, 6) is -0.724. The topological polar surface area (TPSA) is 110 Å². The summed E-state index contributed by atoms with van der Waals surface area (Å²) in [5.41, 5.74) is 3.35. The zero-order valence-corrected chi connectivity index (χ0v) is 21.6. The number of amides is 1. The smallest absolute Gasteiger partial charge is 0.404 e. The molecule has 41 heavy (non-hydrogen) atoms. The number of hydrogen-bond acceptors (Lipinski definition) is 7. The van der Waals surface area contributed by atoms with Gasteiger partial charge in [0.15, 0.2) is 5.82 Å². The van der Waals surface area contributed by atoms with Crippen LogP contribution in [0.3, 0.4) is 0 Å². The molecule has 1 aromatic carbocycles. The van der Waals surface area contributed by atoms with Gasteiger partial charge in [0.1, 0.15) is 5.82 Å². The molecule has 1 atom stereocenters. The lowest BCUT2D eigenvalue weighted by Crippen LogP contribution is -2.42. The highest BCUT2D eigenvalue weighted by Gasteiger charge is 2.31. The Hall–Kier alpha value is -4.30. The molecule has 2 heterocycles. The maximum absolute atomic E-state index is 14.0. The predicted molar refractivity (Wildman–Crippen MR) is 140 cm³/mol. The van der Waals surface area contributed by atoms with Crippen LogP contribution in [-0.4, -0.2) is 56.1 Å². The Morgan fingerprint density at radius 3 is 2.12 bits per heavy atom. The highest BCUT2D eigenvalue weighted by Crippen LogP contribution is 2.28. The Morgan fingerprint density at radius 2 is 1.66 bits per heavy atom. The van der Waals surface area contributed by atoms with Crippen molar-refractivity contribution in [1.29, 1.82) is 0 Å². The van der Waals surface area contributed by atoms with Crippen molar-refractivity contribution in [3.63, 3.8) is 0 Å². The minimum Gasteiger partial charge on any atom is -0.404 e. The van der Waals surface area contributed by atoms with Gasteiger partial charge >= 0.3 is 12.4 Å². The van der Waals surface area contributed by atoms with E-state index in [4.69, 9.17) is 0 Å². The summed E-state index contributed by atoms with van der Waals surface area (Å²) in [6, 6.07) is 5.03. The Bertz CT molecular complexity index is 1280. The minimum absolute atomic E-state index is 0. The summed E-state index contributed by atoms with van der Waals surface area (Å²) in [5, 5.41) is 2.82. The zero-order valence-electron chi connectivity index (χ0n) is 21.6. The number of carbonyl (C=O) groups is 1. The molecule has 0 bridgehead atoms. The number of carbonyl (C=O) groups excluding carboxylic acids is 1. The molecule has 224 valence electrons. The Balaban J connectivity index is 0.000000818. The van der Waals surface area contributed by atoms with E-state index in [1.807, 2.05) is 0 Å². The van der Waals surface area contributed by atoms with Gasteiger partial charge in [-0.3, -0.25) is 4.79 Å². The monoisotopic (exact) mass is 589 g/mol. The maximum Gasteiger partial charge on any atom is 0.419 e. The fourth-order valence-electron chi connectivity index (χ4n) is 3.15. The third kappa shape index (κ3) is 9.99. The number of rotatable bonds is 7. The van der Waals surface area contributed by atoms with E-state index >= 15 is 0 Å². The lowest BCUT2D eigenvalue weighted by Gasteiger charge is -2.29. The second-order valence-corrected chi connectivity index (χ2v) is 8.22. The maximum atomic E-state index is 14.0. The number of nitrogens with one attached hydrogen (secondary N) is 1. The second kappa shape index (κ2) is 14.9. The van der Waals surface area contributed by atoms with Crippen molar-refractivity contribution >= 4 is 11.9 Å². The number of allylic oxidation sites excluding steroid dienone is 1. The van der Waals surface area contributed by atoms with Crippen molar-refractivity contribution in [3.8, 4) is 11.4 Å². The van der Waals surface area contributed by atoms with Crippen LogP contribution in [0.15, 0.2) is 60.8 Å². The van der Waals surface area contributed by atoms with E-state index in [0.717, 1.165) is 13.0 Å². The third-order valence-corrected chi connectivity index (χ3v) is 5.38. The molecule has 8 nitrogen and oxygen atoms in total. The van der Waals surface area contributed by atoms with Gasteiger partial charge in [-0.2, -0.15) is 26.3 Å². The molecule has 0 saturated heterocycles. The Labute approximate surface area is 232 Å². The molecule has 1 amide bonds. The Kier molecular flexibility index (Phi) is 12.6. The van der Waals surface area contributed by atoms with Crippen LogP contribution in [0.1, 0.15) is 44.1 Å². The molecular weight excluding hydrogens is 559 g/mol. The first-order chi connectivity index (χ1) is 18.7. The summed E-state index contributed by atoms with van der Waals surface area (Å²) >= 11 is 0. The number of alkyl halides is 6. The fourth-order valence-corrected chi connectivity index (χ4v) is 3.15. The van der Waals surface area contributed by atoms with E-state index in [0.29, 0.717) is 30.7 Å². The van der Waals surface area contributed by atoms with E-state index < -0.39 is 41.3 Å². The molecule has 0 fully saturated rings. The van der Waals surface area contributed by atoms with E-state index in [2.05, 4.69) is 31.0 Å². The van der Waals surface area contributed by atoms with Crippen LogP contribution in [-0.2, 0) is 6.18 Å². The number of nitrogens with two attached hydrogens (primary N) is 1. The molecule has 0 saturated carbocycles. The normalized spacial score (nSPS) is 12.4. The minimum atomic E-state index is -4.53. The molecule has 2 aromatic heterocycles. The highest BCUT2D eigenvalue weighted by atomic mass is 19.4. The number of nitrogens with zero attached hydrogens (tertiary/aromatic N) is 5. The summed E-state index contributed by atoms with van der Waals surface area (Å²) in [6.45, 7) is 4.90. The van der Waals surface area contributed by atoms with Crippen LogP contribution in [0.5, 0.6) is 0 Å². The van der Waals surface area contributed by atoms with Gasteiger partial charge in [-0.05, 0) is 45.0 Å². The van der Waals surface area contributed by atoms with E-state index in [1.54, 1.807) is 19.9 Å². The number of hydrogen-bond donors (Lipinski definition) is 2. The summed E-state index contributed by atoms with van der Waals surface area (Å²) in [7, 11) is 0. The zero-order chi connectivity index (χ0) is 30.1. The average Bonchev–Trinajstić information content (AvgIpc) is 2.91. The molecule has 0 aliphatic rings. The third-order valence-electron chi connectivity index (χ3n) is 5.38. The first-order valence-electron chi connectivity index (χ1n) is 11.7. The van der Waals surface area contributed by atoms with Gasteiger partial charge in [0.25, 0.3) is 5.91 Å². The van der Waals surface area contributed by atoms with E-state index in [-0.39, 0.29) is 31.3 Å². The largest absolute Gasteiger partial charge is 0.419 e. The number of likely N-dealkylation sites (N-methyl/N-ethyl adjacent to an activating group) is 1. The van der Waals surface area contributed by atoms with Crippen molar-refractivity contribution in [2.75, 3.05) is 18.4 Å². The van der Waals surface area contributed by atoms with Gasteiger partial charge < -0.3 is 16.0 Å². The van der Waals surface area contributed by atoms with Crippen molar-refractivity contribution in [3.05, 3.63) is 77.8 Å². The highest BCUT2D eigenvalue weighted by molar-refractivity contribution is 6.00. The van der Waals surface area contributed by atoms with Crippen LogP contribution in [0.4, 0.5) is 36.7 Å².